The molecule has 5 heteroatoms. The molecule has 0 aromatic heterocycles. The molecular formula is C19H21N3OS. The molecule has 24 heavy (non-hydrogen) atoms. The van der Waals surface area contributed by atoms with Crippen LogP contribution in [0.5, 0.6) is 5.75 Å². The molecule has 0 spiro atoms. The van der Waals surface area contributed by atoms with E-state index in [2.05, 4.69) is 53.6 Å². The zero-order valence-electron chi connectivity index (χ0n) is 13.7. The van der Waals surface area contributed by atoms with Gasteiger partial charge in [-0.1, -0.05) is 48.0 Å². The Hall–Kier alpha value is -2.66. The van der Waals surface area contributed by atoms with Crippen molar-refractivity contribution >= 4 is 23.5 Å². The van der Waals surface area contributed by atoms with Gasteiger partial charge >= 0.3 is 0 Å². The first-order valence-corrected chi connectivity index (χ1v) is 8.04. The van der Waals surface area contributed by atoms with Crippen molar-refractivity contribution in [2.45, 2.75) is 13.5 Å². The third-order valence-corrected chi connectivity index (χ3v) is 3.41. The Morgan fingerprint density at radius 2 is 2.04 bits per heavy atom. The number of nitrogens with zero attached hydrogens (tertiary/aromatic N) is 1. The second-order valence-corrected chi connectivity index (χ2v) is 5.62. The second-order valence-electron chi connectivity index (χ2n) is 5.22. The van der Waals surface area contributed by atoms with Crippen LogP contribution in [-0.2, 0) is 6.61 Å². The lowest BCUT2D eigenvalue weighted by molar-refractivity contribution is 0.306. The van der Waals surface area contributed by atoms with E-state index in [0.29, 0.717) is 18.3 Å². The van der Waals surface area contributed by atoms with Crippen LogP contribution in [0.3, 0.4) is 0 Å². The molecule has 2 N–H and O–H groups in total. The highest BCUT2D eigenvalue weighted by Gasteiger charge is 1.98. The molecular weight excluding hydrogens is 318 g/mol. The molecule has 2 aromatic rings. The minimum Gasteiger partial charge on any atom is -0.489 e. The van der Waals surface area contributed by atoms with Gasteiger partial charge in [0.05, 0.1) is 6.21 Å². The van der Waals surface area contributed by atoms with Crippen molar-refractivity contribution in [1.29, 1.82) is 0 Å². The Kier molecular flexibility index (Phi) is 6.98. The summed E-state index contributed by atoms with van der Waals surface area (Å²) in [6, 6.07) is 16.0. The molecule has 124 valence electrons. The third kappa shape index (κ3) is 6.22. The fourth-order valence-electron chi connectivity index (χ4n) is 1.91. The van der Waals surface area contributed by atoms with Crippen LogP contribution in [0.1, 0.15) is 16.7 Å². The Morgan fingerprint density at radius 3 is 2.79 bits per heavy atom. The topological polar surface area (TPSA) is 45.7 Å². The van der Waals surface area contributed by atoms with Crippen molar-refractivity contribution in [3.05, 3.63) is 77.9 Å². The van der Waals surface area contributed by atoms with Gasteiger partial charge in [0.2, 0.25) is 0 Å². The molecule has 0 aliphatic carbocycles. The van der Waals surface area contributed by atoms with Crippen molar-refractivity contribution in [3.63, 3.8) is 0 Å². The number of hydrogen-bond donors (Lipinski definition) is 2. The smallest absolute Gasteiger partial charge is 0.187 e. The number of nitrogens with one attached hydrogen (secondary N) is 2. The minimum atomic E-state index is 0.456. The molecule has 0 saturated heterocycles. The summed E-state index contributed by atoms with van der Waals surface area (Å²) in [7, 11) is 0. The van der Waals surface area contributed by atoms with Crippen LogP contribution < -0.4 is 15.5 Å². The van der Waals surface area contributed by atoms with Gasteiger partial charge < -0.3 is 10.1 Å². The first-order valence-electron chi connectivity index (χ1n) is 7.63. The lowest BCUT2D eigenvalue weighted by atomic mass is 10.2. The van der Waals surface area contributed by atoms with Crippen LogP contribution in [0.4, 0.5) is 0 Å². The lowest BCUT2D eigenvalue weighted by Gasteiger charge is -2.07. The third-order valence-electron chi connectivity index (χ3n) is 3.17. The first-order chi connectivity index (χ1) is 11.7. The van der Waals surface area contributed by atoms with Gasteiger partial charge in [0.1, 0.15) is 12.4 Å². The summed E-state index contributed by atoms with van der Waals surface area (Å²) >= 11 is 5.06. The van der Waals surface area contributed by atoms with Gasteiger partial charge in [-0.25, -0.2) is 0 Å². The molecule has 0 radical (unpaired) electrons. The van der Waals surface area contributed by atoms with E-state index < -0.39 is 0 Å². The fourth-order valence-corrected chi connectivity index (χ4v) is 2.04. The van der Waals surface area contributed by atoms with Gasteiger partial charge in [-0.15, -0.1) is 6.58 Å². The highest BCUT2D eigenvalue weighted by atomic mass is 32.1. The number of hydrazone groups is 1. The van der Waals surface area contributed by atoms with E-state index in [1.807, 2.05) is 24.3 Å². The molecule has 0 heterocycles. The van der Waals surface area contributed by atoms with Gasteiger partial charge in [-0.3, -0.25) is 5.43 Å². The summed E-state index contributed by atoms with van der Waals surface area (Å²) in [5.41, 5.74) is 6.06. The second kappa shape index (κ2) is 9.47. The number of rotatable bonds is 7. The normalized spacial score (nSPS) is 10.4. The Labute approximate surface area is 148 Å². The average Bonchev–Trinajstić information content (AvgIpc) is 2.60. The maximum Gasteiger partial charge on any atom is 0.187 e. The van der Waals surface area contributed by atoms with E-state index in [-0.39, 0.29) is 0 Å². The average molecular weight is 339 g/mol. The number of hydrogen-bond acceptors (Lipinski definition) is 3. The quantitative estimate of drug-likeness (QED) is 0.350. The van der Waals surface area contributed by atoms with Gasteiger partial charge in [0.15, 0.2) is 5.11 Å². The van der Waals surface area contributed by atoms with Crippen LogP contribution >= 0.6 is 12.2 Å². The summed E-state index contributed by atoms with van der Waals surface area (Å²) in [4.78, 5) is 0. The van der Waals surface area contributed by atoms with E-state index in [1.54, 1.807) is 12.3 Å². The van der Waals surface area contributed by atoms with Crippen LogP contribution in [0.15, 0.2) is 66.3 Å². The fraction of sp³-hybridized carbons (Fsp3) is 0.158. The Bertz CT molecular complexity index is 711. The van der Waals surface area contributed by atoms with Gasteiger partial charge in [-0.05, 0) is 42.4 Å². The molecule has 0 aliphatic rings. The summed E-state index contributed by atoms with van der Waals surface area (Å²) in [5.74, 6) is 0.798. The zero-order chi connectivity index (χ0) is 17.2. The van der Waals surface area contributed by atoms with Gasteiger partial charge in [0, 0.05) is 6.54 Å². The Morgan fingerprint density at radius 1 is 1.25 bits per heavy atom. The summed E-state index contributed by atoms with van der Waals surface area (Å²) in [6.45, 7) is 6.82. The van der Waals surface area contributed by atoms with Crippen molar-refractivity contribution in [2.75, 3.05) is 6.54 Å². The van der Waals surface area contributed by atoms with Crippen LogP contribution in [0.25, 0.3) is 0 Å². The van der Waals surface area contributed by atoms with E-state index in [1.165, 1.54) is 5.56 Å². The minimum absolute atomic E-state index is 0.456. The van der Waals surface area contributed by atoms with E-state index in [0.717, 1.165) is 16.9 Å². The van der Waals surface area contributed by atoms with Gasteiger partial charge in [-0.2, -0.15) is 5.10 Å². The highest BCUT2D eigenvalue weighted by Crippen LogP contribution is 2.14. The molecule has 0 unspecified atom stereocenters. The molecule has 0 amide bonds. The molecule has 0 aliphatic heterocycles. The predicted molar refractivity (Wildman–Crippen MR) is 103 cm³/mol. The van der Waals surface area contributed by atoms with E-state index in [4.69, 9.17) is 17.0 Å². The predicted octanol–water partition coefficient (Wildman–Crippen LogP) is 3.56. The molecule has 0 fully saturated rings. The molecule has 2 rings (SSSR count). The standard InChI is InChI=1S/C19H21N3OS/c1-3-11-20-19(24)22-21-13-17-5-4-6-18(12-17)23-14-16-9-7-15(2)8-10-16/h3-10,12-13H,1,11,14H2,2H3,(H2,20,22,24). The van der Waals surface area contributed by atoms with Gasteiger partial charge in [0.25, 0.3) is 0 Å². The SMILES string of the molecule is C=CCNC(=S)NN=Cc1cccc(OCc2ccc(C)cc2)c1. The number of ether oxygens (including phenoxy) is 1. The number of thiocarbonyl (C=S) groups is 1. The zero-order valence-corrected chi connectivity index (χ0v) is 14.5. The highest BCUT2D eigenvalue weighted by molar-refractivity contribution is 7.80. The lowest BCUT2D eigenvalue weighted by Crippen LogP contribution is -2.31. The molecule has 4 nitrogen and oxygen atoms in total. The molecule has 0 bridgehead atoms. The van der Waals surface area contributed by atoms with Crippen molar-refractivity contribution in [3.8, 4) is 5.75 Å². The maximum absolute atomic E-state index is 5.82. The molecule has 0 saturated carbocycles. The van der Waals surface area contributed by atoms with Crippen molar-refractivity contribution < 1.29 is 4.74 Å². The largest absolute Gasteiger partial charge is 0.489 e. The summed E-state index contributed by atoms with van der Waals surface area (Å²) in [6.07, 6.45) is 3.42. The maximum atomic E-state index is 5.82. The summed E-state index contributed by atoms with van der Waals surface area (Å²) < 4.78 is 5.82. The number of benzene rings is 2. The van der Waals surface area contributed by atoms with Crippen LogP contribution in [0, 0.1) is 6.92 Å². The number of aryl methyl sites for hydroxylation is 1. The van der Waals surface area contributed by atoms with Crippen LogP contribution in [-0.4, -0.2) is 17.9 Å². The monoisotopic (exact) mass is 339 g/mol. The van der Waals surface area contributed by atoms with Crippen LogP contribution in [0.2, 0.25) is 0 Å². The Balaban J connectivity index is 1.87. The van der Waals surface area contributed by atoms with E-state index in [9.17, 15) is 0 Å². The van der Waals surface area contributed by atoms with Crippen molar-refractivity contribution in [2.24, 2.45) is 5.10 Å². The molecule has 2 aromatic carbocycles. The van der Waals surface area contributed by atoms with Crippen molar-refractivity contribution in [1.82, 2.24) is 10.7 Å². The molecule has 0 atom stereocenters. The summed E-state index contributed by atoms with van der Waals surface area (Å²) in [5, 5.41) is 7.49. The van der Waals surface area contributed by atoms with E-state index >= 15 is 0 Å². The first kappa shape index (κ1) is 17.7.